The second kappa shape index (κ2) is 6.57. The molecule has 0 aliphatic rings. The SMILES string of the molecule is Cc1ccc(NC(=O)C(C)Sc2ccc(F)cc2)cc1. The molecule has 104 valence electrons. The van der Waals surface area contributed by atoms with Crippen molar-refractivity contribution in [2.45, 2.75) is 24.0 Å². The molecule has 0 aliphatic heterocycles. The summed E-state index contributed by atoms with van der Waals surface area (Å²) in [6, 6.07) is 13.8. The first-order valence-corrected chi connectivity index (χ1v) is 7.22. The van der Waals surface area contributed by atoms with Crippen molar-refractivity contribution in [1.82, 2.24) is 0 Å². The van der Waals surface area contributed by atoms with Crippen molar-refractivity contribution in [2.75, 3.05) is 5.32 Å². The largest absolute Gasteiger partial charge is 0.325 e. The van der Waals surface area contributed by atoms with E-state index in [2.05, 4.69) is 5.32 Å². The number of nitrogens with one attached hydrogen (secondary N) is 1. The minimum absolute atomic E-state index is 0.0665. The fourth-order valence-electron chi connectivity index (χ4n) is 1.65. The van der Waals surface area contributed by atoms with Crippen molar-refractivity contribution < 1.29 is 9.18 Å². The lowest BCUT2D eigenvalue weighted by molar-refractivity contribution is -0.115. The first-order valence-electron chi connectivity index (χ1n) is 6.34. The van der Waals surface area contributed by atoms with E-state index < -0.39 is 0 Å². The van der Waals surface area contributed by atoms with Crippen molar-refractivity contribution in [1.29, 1.82) is 0 Å². The molecule has 2 aromatic rings. The second-order valence-corrected chi connectivity index (χ2v) is 5.98. The Bertz CT molecular complexity index is 580. The highest BCUT2D eigenvalue weighted by Gasteiger charge is 2.14. The maximum atomic E-state index is 12.8. The second-order valence-electron chi connectivity index (χ2n) is 4.57. The summed E-state index contributed by atoms with van der Waals surface area (Å²) in [4.78, 5) is 12.9. The quantitative estimate of drug-likeness (QED) is 0.852. The molecule has 0 saturated carbocycles. The molecule has 2 aromatic carbocycles. The van der Waals surface area contributed by atoms with E-state index in [1.165, 1.54) is 23.9 Å². The number of carbonyl (C=O) groups is 1. The van der Waals surface area contributed by atoms with Crippen LogP contribution in [0.4, 0.5) is 10.1 Å². The van der Waals surface area contributed by atoms with Crippen LogP contribution < -0.4 is 5.32 Å². The minimum atomic E-state index is -0.272. The highest BCUT2D eigenvalue weighted by molar-refractivity contribution is 8.00. The van der Waals surface area contributed by atoms with E-state index in [1.807, 2.05) is 38.1 Å². The molecule has 0 spiro atoms. The summed E-state index contributed by atoms with van der Waals surface area (Å²) in [7, 11) is 0. The van der Waals surface area contributed by atoms with E-state index in [9.17, 15) is 9.18 Å². The number of halogens is 1. The van der Waals surface area contributed by atoms with Gasteiger partial charge < -0.3 is 5.32 Å². The normalized spacial score (nSPS) is 11.9. The van der Waals surface area contributed by atoms with E-state index in [4.69, 9.17) is 0 Å². The Morgan fingerprint density at radius 3 is 2.30 bits per heavy atom. The lowest BCUT2D eigenvalue weighted by Crippen LogP contribution is -2.22. The molecule has 1 amide bonds. The van der Waals surface area contributed by atoms with E-state index in [0.717, 1.165) is 16.1 Å². The zero-order valence-corrected chi connectivity index (χ0v) is 12.2. The summed E-state index contributed by atoms with van der Waals surface area (Å²) in [5, 5.41) is 2.62. The van der Waals surface area contributed by atoms with Crippen LogP contribution in [0.1, 0.15) is 12.5 Å². The molecule has 4 heteroatoms. The number of rotatable bonds is 4. The Labute approximate surface area is 122 Å². The van der Waals surface area contributed by atoms with Gasteiger partial charge in [-0.2, -0.15) is 0 Å². The fourth-order valence-corrected chi connectivity index (χ4v) is 2.52. The van der Waals surface area contributed by atoms with Crippen molar-refractivity contribution in [3.05, 3.63) is 59.9 Å². The van der Waals surface area contributed by atoms with Gasteiger partial charge in [-0.25, -0.2) is 4.39 Å². The van der Waals surface area contributed by atoms with Gasteiger partial charge in [0.2, 0.25) is 5.91 Å². The van der Waals surface area contributed by atoms with E-state index in [1.54, 1.807) is 12.1 Å². The van der Waals surface area contributed by atoms with Gasteiger partial charge in [0.05, 0.1) is 5.25 Å². The average molecular weight is 289 g/mol. The molecule has 2 nitrogen and oxygen atoms in total. The maximum Gasteiger partial charge on any atom is 0.237 e. The van der Waals surface area contributed by atoms with Gasteiger partial charge in [-0.15, -0.1) is 11.8 Å². The number of anilines is 1. The third-order valence-corrected chi connectivity index (χ3v) is 3.93. The van der Waals surface area contributed by atoms with Gasteiger partial charge in [0, 0.05) is 10.6 Å². The molecular weight excluding hydrogens is 273 g/mol. The highest BCUT2D eigenvalue weighted by atomic mass is 32.2. The number of aryl methyl sites for hydroxylation is 1. The van der Waals surface area contributed by atoms with Gasteiger partial charge in [0.25, 0.3) is 0 Å². The van der Waals surface area contributed by atoms with Crippen LogP contribution in [-0.4, -0.2) is 11.2 Å². The fraction of sp³-hybridized carbons (Fsp3) is 0.188. The van der Waals surface area contributed by atoms with E-state index in [0.29, 0.717) is 0 Å². The predicted molar refractivity (Wildman–Crippen MR) is 81.5 cm³/mol. The lowest BCUT2D eigenvalue weighted by atomic mass is 10.2. The number of hydrogen-bond donors (Lipinski definition) is 1. The lowest BCUT2D eigenvalue weighted by Gasteiger charge is -2.12. The van der Waals surface area contributed by atoms with Crippen LogP contribution in [0.5, 0.6) is 0 Å². The molecule has 1 atom stereocenters. The van der Waals surface area contributed by atoms with Crippen LogP contribution in [0.15, 0.2) is 53.4 Å². The summed E-state index contributed by atoms with van der Waals surface area (Å²) < 4.78 is 12.8. The molecular formula is C16H16FNOS. The minimum Gasteiger partial charge on any atom is -0.325 e. The van der Waals surface area contributed by atoms with Crippen molar-refractivity contribution in [3.8, 4) is 0 Å². The smallest absolute Gasteiger partial charge is 0.237 e. The Balaban J connectivity index is 1.94. The van der Waals surface area contributed by atoms with Gasteiger partial charge in [-0.05, 0) is 50.2 Å². The number of thioether (sulfide) groups is 1. The summed E-state index contributed by atoms with van der Waals surface area (Å²) in [6.07, 6.45) is 0. The van der Waals surface area contributed by atoms with Crippen LogP contribution in [0.25, 0.3) is 0 Å². The number of benzene rings is 2. The van der Waals surface area contributed by atoms with Crippen LogP contribution in [0, 0.1) is 12.7 Å². The zero-order valence-electron chi connectivity index (χ0n) is 11.4. The van der Waals surface area contributed by atoms with Crippen LogP contribution in [0.2, 0.25) is 0 Å². The van der Waals surface area contributed by atoms with E-state index >= 15 is 0 Å². The van der Waals surface area contributed by atoms with Crippen LogP contribution in [0.3, 0.4) is 0 Å². The Morgan fingerprint density at radius 1 is 1.10 bits per heavy atom. The summed E-state index contributed by atoms with van der Waals surface area (Å²) >= 11 is 1.40. The van der Waals surface area contributed by atoms with Gasteiger partial charge in [-0.3, -0.25) is 4.79 Å². The first-order chi connectivity index (χ1) is 9.54. The summed E-state index contributed by atoms with van der Waals surface area (Å²) in [5.74, 6) is -0.339. The predicted octanol–water partition coefficient (Wildman–Crippen LogP) is 4.25. The highest BCUT2D eigenvalue weighted by Crippen LogP contribution is 2.24. The molecule has 0 bridgehead atoms. The van der Waals surface area contributed by atoms with Crippen molar-refractivity contribution >= 4 is 23.4 Å². The first kappa shape index (κ1) is 14.6. The van der Waals surface area contributed by atoms with Gasteiger partial charge in [0.1, 0.15) is 5.82 Å². The monoisotopic (exact) mass is 289 g/mol. The molecule has 20 heavy (non-hydrogen) atoms. The van der Waals surface area contributed by atoms with Crippen LogP contribution in [-0.2, 0) is 4.79 Å². The molecule has 0 radical (unpaired) electrons. The van der Waals surface area contributed by atoms with Crippen molar-refractivity contribution in [3.63, 3.8) is 0 Å². The third-order valence-electron chi connectivity index (χ3n) is 2.81. The molecule has 0 fully saturated rings. The van der Waals surface area contributed by atoms with Crippen LogP contribution >= 0.6 is 11.8 Å². The van der Waals surface area contributed by atoms with E-state index in [-0.39, 0.29) is 17.0 Å². The van der Waals surface area contributed by atoms with Gasteiger partial charge >= 0.3 is 0 Å². The maximum absolute atomic E-state index is 12.8. The number of amides is 1. The number of hydrogen-bond acceptors (Lipinski definition) is 2. The molecule has 1 unspecified atom stereocenters. The molecule has 1 N–H and O–H groups in total. The zero-order chi connectivity index (χ0) is 14.5. The molecule has 0 aromatic heterocycles. The Hall–Kier alpha value is -1.81. The van der Waals surface area contributed by atoms with Gasteiger partial charge in [-0.1, -0.05) is 17.7 Å². The van der Waals surface area contributed by atoms with Gasteiger partial charge in [0.15, 0.2) is 0 Å². The average Bonchev–Trinajstić information content (AvgIpc) is 2.44. The van der Waals surface area contributed by atoms with Crippen molar-refractivity contribution in [2.24, 2.45) is 0 Å². The molecule has 0 saturated heterocycles. The summed E-state index contributed by atoms with van der Waals surface area (Å²) in [5.41, 5.74) is 1.93. The summed E-state index contributed by atoms with van der Waals surface area (Å²) in [6.45, 7) is 3.83. The molecule has 0 heterocycles. The molecule has 2 rings (SSSR count). The standard InChI is InChI=1S/C16H16FNOS/c1-11-3-7-14(8-4-11)18-16(19)12(2)20-15-9-5-13(17)6-10-15/h3-10,12H,1-2H3,(H,18,19). The number of carbonyl (C=O) groups excluding carboxylic acids is 1. The topological polar surface area (TPSA) is 29.1 Å². The Morgan fingerprint density at radius 2 is 1.70 bits per heavy atom. The third kappa shape index (κ3) is 4.10. The Kier molecular flexibility index (Phi) is 4.79. The molecule has 0 aliphatic carbocycles.